The first kappa shape index (κ1) is 19.9. The van der Waals surface area contributed by atoms with E-state index in [0.29, 0.717) is 25.1 Å². The Morgan fingerprint density at radius 3 is 2.44 bits per heavy atom. The number of fused-ring (bicyclic) bond motifs is 1. The number of carbonyl (C=O) groups is 2. The van der Waals surface area contributed by atoms with Crippen LogP contribution in [0.3, 0.4) is 0 Å². The van der Waals surface area contributed by atoms with Crippen LogP contribution in [0.25, 0.3) is 11.0 Å². The number of rotatable bonds is 6. The molecule has 7 heteroatoms. The number of para-hydroxylation sites is 1. The van der Waals surface area contributed by atoms with Gasteiger partial charge in [-0.1, -0.05) is 41.6 Å². The molecule has 1 aliphatic rings. The molecule has 2 amide bonds. The molecule has 7 nitrogen and oxygen atoms in total. The van der Waals surface area contributed by atoms with Crippen molar-refractivity contribution in [2.75, 3.05) is 11.4 Å². The number of nitrogens with one attached hydrogen (secondary N) is 1. The fourth-order valence-electron chi connectivity index (χ4n) is 3.97. The van der Waals surface area contributed by atoms with Gasteiger partial charge < -0.3 is 10.2 Å². The Hall–Kier alpha value is -4.00. The van der Waals surface area contributed by atoms with Crippen molar-refractivity contribution in [2.45, 2.75) is 25.9 Å². The minimum absolute atomic E-state index is 0.124. The fraction of sp³-hybridized carbons (Fsp3) is 0.200. The van der Waals surface area contributed by atoms with Crippen LogP contribution >= 0.6 is 0 Å². The first-order valence-electron chi connectivity index (χ1n) is 10.7. The molecule has 2 heterocycles. The minimum atomic E-state index is -0.124. The summed E-state index contributed by atoms with van der Waals surface area (Å²) in [5.74, 6) is 0.0491. The predicted molar refractivity (Wildman–Crippen MR) is 122 cm³/mol. The summed E-state index contributed by atoms with van der Waals surface area (Å²) in [6, 6.07) is 23.1. The third-order valence-electron chi connectivity index (χ3n) is 5.74. The summed E-state index contributed by atoms with van der Waals surface area (Å²) in [5, 5.41) is 11.3. The lowest BCUT2D eigenvalue weighted by molar-refractivity contribution is -0.117. The third-order valence-corrected chi connectivity index (χ3v) is 5.74. The van der Waals surface area contributed by atoms with Crippen molar-refractivity contribution in [1.82, 2.24) is 20.3 Å². The first-order valence-corrected chi connectivity index (χ1v) is 10.7. The smallest absolute Gasteiger partial charge is 0.251 e. The molecule has 1 saturated heterocycles. The van der Waals surface area contributed by atoms with E-state index in [1.807, 2.05) is 82.4 Å². The van der Waals surface area contributed by atoms with Crippen LogP contribution in [-0.2, 0) is 17.9 Å². The molecule has 0 saturated carbocycles. The second-order valence-corrected chi connectivity index (χ2v) is 7.93. The van der Waals surface area contributed by atoms with Crippen molar-refractivity contribution in [2.24, 2.45) is 0 Å². The van der Waals surface area contributed by atoms with Crippen molar-refractivity contribution in [3.63, 3.8) is 0 Å². The van der Waals surface area contributed by atoms with Crippen molar-refractivity contribution >= 4 is 28.5 Å². The average Bonchev–Trinajstić information content (AvgIpc) is 3.44. The van der Waals surface area contributed by atoms with E-state index in [9.17, 15) is 9.59 Å². The van der Waals surface area contributed by atoms with Gasteiger partial charge in [0.05, 0.1) is 12.1 Å². The highest BCUT2D eigenvalue weighted by molar-refractivity contribution is 5.95. The van der Waals surface area contributed by atoms with Gasteiger partial charge >= 0.3 is 0 Å². The Morgan fingerprint density at radius 1 is 0.938 bits per heavy atom. The number of aromatic nitrogens is 3. The molecular formula is C25H23N5O2. The largest absolute Gasteiger partial charge is 0.348 e. The van der Waals surface area contributed by atoms with Crippen LogP contribution in [0.5, 0.6) is 0 Å². The van der Waals surface area contributed by atoms with E-state index in [2.05, 4.69) is 15.6 Å². The summed E-state index contributed by atoms with van der Waals surface area (Å²) in [4.78, 5) is 26.2. The monoisotopic (exact) mass is 425 g/mol. The van der Waals surface area contributed by atoms with Crippen LogP contribution in [0.1, 0.15) is 34.3 Å². The Labute approximate surface area is 185 Å². The zero-order valence-electron chi connectivity index (χ0n) is 17.6. The van der Waals surface area contributed by atoms with E-state index in [1.54, 1.807) is 0 Å². The fourth-order valence-corrected chi connectivity index (χ4v) is 3.97. The van der Waals surface area contributed by atoms with Crippen LogP contribution in [0.2, 0.25) is 0 Å². The van der Waals surface area contributed by atoms with E-state index in [4.69, 9.17) is 0 Å². The summed E-state index contributed by atoms with van der Waals surface area (Å²) in [6.07, 6.45) is 1.52. The third kappa shape index (κ3) is 4.09. The SMILES string of the molecule is O=C(NCc1ccc(N2CCCC2=O)cc1)c1ccc(Cn2nnc3ccccc32)cc1. The number of amides is 2. The van der Waals surface area contributed by atoms with Gasteiger partial charge in [0.2, 0.25) is 5.91 Å². The lowest BCUT2D eigenvalue weighted by Gasteiger charge is -2.16. The predicted octanol–water partition coefficient (Wildman–Crippen LogP) is 3.54. The molecule has 0 atom stereocenters. The van der Waals surface area contributed by atoms with Gasteiger partial charge in [0.25, 0.3) is 5.91 Å². The van der Waals surface area contributed by atoms with E-state index < -0.39 is 0 Å². The van der Waals surface area contributed by atoms with E-state index in [-0.39, 0.29) is 11.8 Å². The molecule has 1 aliphatic heterocycles. The summed E-state index contributed by atoms with van der Waals surface area (Å²) < 4.78 is 1.85. The molecule has 0 aliphatic carbocycles. The van der Waals surface area contributed by atoms with Gasteiger partial charge in [0.15, 0.2) is 0 Å². The van der Waals surface area contributed by atoms with Crippen molar-refractivity contribution in [1.29, 1.82) is 0 Å². The van der Waals surface area contributed by atoms with Gasteiger partial charge in [-0.2, -0.15) is 0 Å². The van der Waals surface area contributed by atoms with Crippen LogP contribution in [0.15, 0.2) is 72.8 Å². The molecule has 3 aromatic carbocycles. The number of nitrogens with zero attached hydrogens (tertiary/aromatic N) is 4. The van der Waals surface area contributed by atoms with Gasteiger partial charge in [-0.05, 0) is 53.9 Å². The molecule has 1 N–H and O–H groups in total. The minimum Gasteiger partial charge on any atom is -0.348 e. The quantitative estimate of drug-likeness (QED) is 0.512. The molecule has 0 bridgehead atoms. The molecular weight excluding hydrogens is 402 g/mol. The van der Waals surface area contributed by atoms with Gasteiger partial charge in [0.1, 0.15) is 5.52 Å². The van der Waals surface area contributed by atoms with E-state index >= 15 is 0 Å². The zero-order chi connectivity index (χ0) is 21.9. The number of hydrogen-bond donors (Lipinski definition) is 1. The molecule has 0 radical (unpaired) electrons. The maximum atomic E-state index is 12.5. The van der Waals surface area contributed by atoms with Crippen molar-refractivity contribution in [3.8, 4) is 0 Å². The number of benzene rings is 3. The Bertz CT molecular complexity index is 1260. The molecule has 4 aromatic rings. The normalized spacial score (nSPS) is 13.6. The maximum Gasteiger partial charge on any atom is 0.251 e. The maximum absolute atomic E-state index is 12.5. The standard InChI is InChI=1S/C25H23N5O2/c31-24-6-3-15-29(24)21-13-9-18(10-14-21)16-26-25(32)20-11-7-19(8-12-20)17-30-23-5-2-1-4-22(23)27-28-30/h1-2,4-5,7-14H,3,6,15-17H2,(H,26,32). The first-order chi connectivity index (χ1) is 15.7. The van der Waals surface area contributed by atoms with E-state index in [1.165, 1.54) is 0 Å². The molecule has 160 valence electrons. The van der Waals surface area contributed by atoms with Gasteiger partial charge in [-0.15, -0.1) is 5.10 Å². The topological polar surface area (TPSA) is 80.1 Å². The summed E-state index contributed by atoms with van der Waals surface area (Å²) in [7, 11) is 0. The average molecular weight is 425 g/mol. The van der Waals surface area contributed by atoms with Crippen LogP contribution < -0.4 is 10.2 Å². The van der Waals surface area contributed by atoms with Crippen LogP contribution in [0.4, 0.5) is 5.69 Å². The highest BCUT2D eigenvalue weighted by Gasteiger charge is 2.21. The van der Waals surface area contributed by atoms with Gasteiger partial charge in [-0.25, -0.2) is 4.68 Å². The van der Waals surface area contributed by atoms with Crippen molar-refractivity contribution < 1.29 is 9.59 Å². The van der Waals surface area contributed by atoms with E-state index in [0.717, 1.165) is 40.8 Å². The van der Waals surface area contributed by atoms with Gasteiger partial charge in [-0.3, -0.25) is 9.59 Å². The zero-order valence-corrected chi connectivity index (χ0v) is 17.6. The number of anilines is 1. The lowest BCUT2D eigenvalue weighted by Crippen LogP contribution is -2.24. The lowest BCUT2D eigenvalue weighted by atomic mass is 10.1. The molecule has 0 unspecified atom stereocenters. The molecule has 5 rings (SSSR count). The number of hydrogen-bond acceptors (Lipinski definition) is 4. The summed E-state index contributed by atoms with van der Waals surface area (Å²) in [6.45, 7) is 1.80. The van der Waals surface area contributed by atoms with Gasteiger partial charge in [0, 0.05) is 30.8 Å². The molecule has 1 fully saturated rings. The second kappa shape index (κ2) is 8.63. The summed E-state index contributed by atoms with van der Waals surface area (Å²) in [5.41, 5.74) is 5.40. The Morgan fingerprint density at radius 2 is 1.69 bits per heavy atom. The summed E-state index contributed by atoms with van der Waals surface area (Å²) >= 11 is 0. The highest BCUT2D eigenvalue weighted by atomic mass is 16.2. The molecule has 1 aromatic heterocycles. The molecule has 32 heavy (non-hydrogen) atoms. The molecule has 0 spiro atoms. The second-order valence-electron chi connectivity index (χ2n) is 7.93. The Balaban J connectivity index is 1.18. The van der Waals surface area contributed by atoms with Crippen molar-refractivity contribution in [3.05, 3.63) is 89.5 Å². The highest BCUT2D eigenvalue weighted by Crippen LogP contribution is 2.21. The number of carbonyl (C=O) groups excluding carboxylic acids is 2. The van der Waals surface area contributed by atoms with Crippen LogP contribution in [0, 0.1) is 0 Å². The van der Waals surface area contributed by atoms with Crippen LogP contribution in [-0.4, -0.2) is 33.4 Å². The Kier molecular flexibility index (Phi) is 5.37.